The Morgan fingerprint density at radius 3 is 2.60 bits per heavy atom. The van der Waals surface area contributed by atoms with Gasteiger partial charge in [-0.15, -0.1) is 0 Å². The fourth-order valence-electron chi connectivity index (χ4n) is 3.43. The highest BCUT2D eigenvalue weighted by Crippen LogP contribution is 2.20. The number of pyridine rings is 1. The zero-order valence-electron chi connectivity index (χ0n) is 16.8. The molecule has 7 nitrogen and oxygen atoms in total. The lowest BCUT2D eigenvalue weighted by atomic mass is 10.1. The number of likely N-dealkylation sites (tertiary alicyclic amines) is 1. The fourth-order valence-corrected chi connectivity index (χ4v) is 3.43. The van der Waals surface area contributed by atoms with E-state index in [-0.39, 0.29) is 11.8 Å². The van der Waals surface area contributed by atoms with Crippen molar-refractivity contribution < 1.29 is 9.59 Å². The Hall–Kier alpha value is -3.61. The monoisotopic (exact) mass is 401 g/mol. The quantitative estimate of drug-likeness (QED) is 0.720. The lowest BCUT2D eigenvalue weighted by Gasteiger charge is -2.26. The Kier molecular flexibility index (Phi) is 5.79. The lowest BCUT2D eigenvalue weighted by molar-refractivity contribution is 0.0718. The second-order valence-corrected chi connectivity index (χ2v) is 7.37. The Bertz CT molecular complexity index is 1060. The van der Waals surface area contributed by atoms with E-state index < -0.39 is 0 Å². The molecule has 0 unspecified atom stereocenters. The molecule has 0 bridgehead atoms. The van der Waals surface area contributed by atoms with E-state index in [1.807, 2.05) is 30.0 Å². The van der Waals surface area contributed by atoms with Gasteiger partial charge in [-0.3, -0.25) is 19.6 Å². The number of aryl methyl sites for hydroxylation is 1. The highest BCUT2D eigenvalue weighted by molar-refractivity contribution is 6.04. The largest absolute Gasteiger partial charge is 0.337 e. The van der Waals surface area contributed by atoms with Gasteiger partial charge in [0.15, 0.2) is 0 Å². The minimum atomic E-state index is -0.240. The number of anilines is 1. The normalized spacial score (nSPS) is 13.7. The molecule has 152 valence electrons. The van der Waals surface area contributed by atoms with Gasteiger partial charge in [-0.25, -0.2) is 4.98 Å². The summed E-state index contributed by atoms with van der Waals surface area (Å²) in [6.45, 7) is 3.41. The third-order valence-electron chi connectivity index (χ3n) is 5.09. The van der Waals surface area contributed by atoms with Crippen LogP contribution in [0, 0.1) is 6.92 Å². The molecule has 1 aliphatic heterocycles. The van der Waals surface area contributed by atoms with Crippen molar-refractivity contribution >= 4 is 17.5 Å². The van der Waals surface area contributed by atoms with Crippen molar-refractivity contribution in [3.63, 3.8) is 0 Å². The highest BCUT2D eigenvalue weighted by atomic mass is 16.2. The van der Waals surface area contributed by atoms with E-state index in [9.17, 15) is 9.59 Å². The van der Waals surface area contributed by atoms with Crippen molar-refractivity contribution in [1.82, 2.24) is 19.9 Å². The first kappa shape index (κ1) is 19.7. The molecule has 30 heavy (non-hydrogen) atoms. The van der Waals surface area contributed by atoms with Crippen LogP contribution in [-0.4, -0.2) is 44.8 Å². The van der Waals surface area contributed by atoms with E-state index in [4.69, 9.17) is 0 Å². The first-order chi connectivity index (χ1) is 14.6. The molecule has 1 N–H and O–H groups in total. The molecule has 3 aromatic rings. The molecular formula is C23H23N5O2. The number of aromatic nitrogens is 3. The number of hydrogen-bond donors (Lipinski definition) is 1. The summed E-state index contributed by atoms with van der Waals surface area (Å²) in [6.07, 6.45) is 7.93. The van der Waals surface area contributed by atoms with Crippen LogP contribution in [0.2, 0.25) is 0 Å². The number of carbonyl (C=O) groups excluding carboxylic acids is 2. The molecule has 0 aliphatic carbocycles. The third-order valence-corrected chi connectivity index (χ3v) is 5.09. The Labute approximate surface area is 175 Å². The molecule has 2 aromatic heterocycles. The van der Waals surface area contributed by atoms with E-state index in [0.717, 1.165) is 43.6 Å². The van der Waals surface area contributed by atoms with E-state index in [1.165, 1.54) is 6.20 Å². The Balaban J connectivity index is 1.54. The maximum absolute atomic E-state index is 12.7. The number of amides is 2. The van der Waals surface area contributed by atoms with Crippen LogP contribution >= 0.6 is 0 Å². The Morgan fingerprint density at radius 2 is 1.83 bits per heavy atom. The zero-order chi connectivity index (χ0) is 20.9. The molecule has 3 heterocycles. The zero-order valence-corrected chi connectivity index (χ0v) is 16.8. The summed E-state index contributed by atoms with van der Waals surface area (Å²) < 4.78 is 0. The van der Waals surface area contributed by atoms with Crippen LogP contribution in [0.1, 0.15) is 45.8 Å². The Morgan fingerprint density at radius 1 is 1.00 bits per heavy atom. The summed E-state index contributed by atoms with van der Waals surface area (Å²) in [5.41, 5.74) is 3.62. The van der Waals surface area contributed by atoms with Gasteiger partial charge in [0.2, 0.25) is 0 Å². The number of piperidine rings is 1. The SMILES string of the molecule is Cc1ccc(NC(=O)c2cccc(-c3cncc(C(=O)N4CCCCC4)n3)c2)cn1. The standard InChI is InChI=1S/C23H23N5O2/c1-16-8-9-19(13-25-16)26-22(29)18-7-5-6-17(12-18)20-14-24-15-21(27-20)23(30)28-10-3-2-4-11-28/h5-9,12-15H,2-4,10-11H2,1H3,(H,26,29). The van der Waals surface area contributed by atoms with Gasteiger partial charge in [-0.1, -0.05) is 12.1 Å². The van der Waals surface area contributed by atoms with E-state index in [2.05, 4.69) is 20.3 Å². The van der Waals surface area contributed by atoms with Crippen LogP contribution in [0.15, 0.2) is 55.0 Å². The number of rotatable bonds is 4. The number of benzene rings is 1. The summed E-state index contributed by atoms with van der Waals surface area (Å²) in [6, 6.07) is 10.8. The van der Waals surface area contributed by atoms with Crippen LogP contribution in [0.4, 0.5) is 5.69 Å². The van der Waals surface area contributed by atoms with Gasteiger partial charge in [0.1, 0.15) is 5.69 Å². The third kappa shape index (κ3) is 4.51. The van der Waals surface area contributed by atoms with Gasteiger partial charge in [-0.2, -0.15) is 0 Å². The number of hydrogen-bond acceptors (Lipinski definition) is 5. The fraction of sp³-hybridized carbons (Fsp3) is 0.261. The predicted molar refractivity (Wildman–Crippen MR) is 114 cm³/mol. The lowest BCUT2D eigenvalue weighted by Crippen LogP contribution is -2.36. The van der Waals surface area contributed by atoms with Crippen molar-refractivity contribution in [3.05, 3.63) is 71.9 Å². The van der Waals surface area contributed by atoms with Crippen molar-refractivity contribution in [2.24, 2.45) is 0 Å². The predicted octanol–water partition coefficient (Wildman–Crippen LogP) is 3.73. The number of nitrogens with one attached hydrogen (secondary N) is 1. The molecule has 0 spiro atoms. The van der Waals surface area contributed by atoms with E-state index >= 15 is 0 Å². The van der Waals surface area contributed by atoms with Crippen LogP contribution in [0.5, 0.6) is 0 Å². The van der Waals surface area contributed by atoms with E-state index in [1.54, 1.807) is 30.6 Å². The molecule has 0 saturated carbocycles. The smallest absolute Gasteiger partial charge is 0.274 e. The second kappa shape index (κ2) is 8.82. The molecule has 4 rings (SSSR count). The maximum Gasteiger partial charge on any atom is 0.274 e. The number of carbonyl (C=O) groups is 2. The summed E-state index contributed by atoms with van der Waals surface area (Å²) in [5.74, 6) is -0.333. The van der Waals surface area contributed by atoms with Crippen LogP contribution < -0.4 is 5.32 Å². The van der Waals surface area contributed by atoms with E-state index in [0.29, 0.717) is 22.6 Å². The topological polar surface area (TPSA) is 88.1 Å². The number of nitrogens with zero attached hydrogens (tertiary/aromatic N) is 4. The molecule has 1 fully saturated rings. The van der Waals surface area contributed by atoms with Crippen molar-refractivity contribution in [1.29, 1.82) is 0 Å². The molecule has 7 heteroatoms. The maximum atomic E-state index is 12.7. The highest BCUT2D eigenvalue weighted by Gasteiger charge is 2.20. The van der Waals surface area contributed by atoms with Gasteiger partial charge < -0.3 is 10.2 Å². The van der Waals surface area contributed by atoms with Gasteiger partial charge >= 0.3 is 0 Å². The summed E-state index contributed by atoms with van der Waals surface area (Å²) in [4.78, 5) is 40.1. The molecule has 0 radical (unpaired) electrons. The van der Waals surface area contributed by atoms with Gasteiger partial charge in [0.05, 0.1) is 30.0 Å². The van der Waals surface area contributed by atoms with Gasteiger partial charge in [0, 0.05) is 29.9 Å². The van der Waals surface area contributed by atoms with Crippen molar-refractivity contribution in [2.75, 3.05) is 18.4 Å². The van der Waals surface area contributed by atoms with Crippen LogP contribution in [0.25, 0.3) is 11.3 Å². The average molecular weight is 401 g/mol. The minimum Gasteiger partial charge on any atom is -0.337 e. The first-order valence-electron chi connectivity index (χ1n) is 10.1. The molecule has 1 aromatic carbocycles. The second-order valence-electron chi connectivity index (χ2n) is 7.37. The van der Waals surface area contributed by atoms with Gasteiger partial charge in [0.25, 0.3) is 11.8 Å². The summed E-state index contributed by atoms with van der Waals surface area (Å²) in [7, 11) is 0. The molecule has 1 saturated heterocycles. The van der Waals surface area contributed by atoms with Crippen LogP contribution in [-0.2, 0) is 0 Å². The minimum absolute atomic E-state index is 0.0928. The molecule has 2 amide bonds. The van der Waals surface area contributed by atoms with Crippen molar-refractivity contribution in [2.45, 2.75) is 26.2 Å². The van der Waals surface area contributed by atoms with Crippen LogP contribution in [0.3, 0.4) is 0 Å². The summed E-state index contributed by atoms with van der Waals surface area (Å²) >= 11 is 0. The first-order valence-corrected chi connectivity index (χ1v) is 10.1. The molecular weight excluding hydrogens is 378 g/mol. The van der Waals surface area contributed by atoms with Crippen molar-refractivity contribution in [3.8, 4) is 11.3 Å². The average Bonchev–Trinajstić information content (AvgIpc) is 2.81. The molecule has 1 aliphatic rings. The summed E-state index contributed by atoms with van der Waals surface area (Å²) in [5, 5.41) is 2.84. The van der Waals surface area contributed by atoms with Gasteiger partial charge in [-0.05, 0) is 50.5 Å². The molecule has 0 atom stereocenters.